The van der Waals surface area contributed by atoms with E-state index in [2.05, 4.69) is 21.2 Å². The molecule has 0 bridgehead atoms. The molecule has 120 valence electrons. The molecule has 3 rings (SSSR count). The van der Waals surface area contributed by atoms with Gasteiger partial charge in [0.25, 0.3) is 5.91 Å². The summed E-state index contributed by atoms with van der Waals surface area (Å²) in [7, 11) is 0. The van der Waals surface area contributed by atoms with Crippen molar-refractivity contribution in [2.75, 3.05) is 11.4 Å². The van der Waals surface area contributed by atoms with Gasteiger partial charge in [0.15, 0.2) is 0 Å². The van der Waals surface area contributed by atoms with Crippen molar-refractivity contribution < 1.29 is 9.59 Å². The molecule has 0 unspecified atom stereocenters. The molecule has 23 heavy (non-hydrogen) atoms. The number of carbonyl (C=O) groups is 2. The van der Waals surface area contributed by atoms with Gasteiger partial charge in [-0.3, -0.25) is 9.59 Å². The molecule has 0 radical (unpaired) electrons. The van der Waals surface area contributed by atoms with Crippen LogP contribution in [-0.2, 0) is 17.8 Å². The Bertz CT molecular complexity index is 757. The van der Waals surface area contributed by atoms with E-state index in [1.165, 1.54) is 0 Å². The Kier molecular flexibility index (Phi) is 4.82. The van der Waals surface area contributed by atoms with Crippen LogP contribution in [0.3, 0.4) is 0 Å². The number of hydrogen-bond donors (Lipinski definition) is 1. The molecule has 0 atom stereocenters. The Morgan fingerprint density at radius 3 is 2.87 bits per heavy atom. The van der Waals surface area contributed by atoms with Crippen LogP contribution in [0, 0.1) is 0 Å². The van der Waals surface area contributed by atoms with Gasteiger partial charge in [0.2, 0.25) is 5.91 Å². The molecule has 0 saturated heterocycles. The maximum absolute atomic E-state index is 12.3. The Hall–Kier alpha value is -1.66. The molecule has 0 fully saturated rings. The first-order valence-electron chi connectivity index (χ1n) is 7.53. The highest BCUT2D eigenvalue weighted by molar-refractivity contribution is 9.10. The number of hydrogen-bond acceptors (Lipinski definition) is 3. The SMILES string of the molecule is CCC(=O)N1CCc2cc(C(=O)NCc3cc(Br)cs3)ccc21. The lowest BCUT2D eigenvalue weighted by atomic mass is 10.1. The van der Waals surface area contributed by atoms with Gasteiger partial charge in [-0.15, -0.1) is 11.3 Å². The zero-order valence-corrected chi connectivity index (χ0v) is 15.2. The Labute approximate surface area is 147 Å². The van der Waals surface area contributed by atoms with E-state index in [-0.39, 0.29) is 11.8 Å². The van der Waals surface area contributed by atoms with Gasteiger partial charge >= 0.3 is 0 Å². The van der Waals surface area contributed by atoms with Crippen molar-refractivity contribution in [2.45, 2.75) is 26.3 Å². The van der Waals surface area contributed by atoms with Crippen molar-refractivity contribution in [2.24, 2.45) is 0 Å². The molecule has 4 nitrogen and oxygen atoms in total. The minimum Gasteiger partial charge on any atom is -0.347 e. The van der Waals surface area contributed by atoms with Crippen LogP contribution < -0.4 is 10.2 Å². The molecular formula is C17H17BrN2O2S. The normalized spacial score (nSPS) is 13.0. The van der Waals surface area contributed by atoms with Gasteiger partial charge in [0.1, 0.15) is 0 Å². The number of fused-ring (bicyclic) bond motifs is 1. The highest BCUT2D eigenvalue weighted by Gasteiger charge is 2.24. The standard InChI is InChI=1S/C17H17BrN2O2S/c1-2-16(21)20-6-5-11-7-12(3-4-15(11)20)17(22)19-9-14-8-13(18)10-23-14/h3-4,7-8,10H,2,5-6,9H2,1H3,(H,19,22). The van der Waals surface area contributed by atoms with Crippen LogP contribution in [-0.4, -0.2) is 18.4 Å². The lowest BCUT2D eigenvalue weighted by Gasteiger charge is -2.16. The van der Waals surface area contributed by atoms with Crippen molar-refractivity contribution >= 4 is 44.8 Å². The first kappa shape index (κ1) is 16.2. The number of nitrogens with zero attached hydrogens (tertiary/aromatic N) is 1. The van der Waals surface area contributed by atoms with Gasteiger partial charge in [-0.1, -0.05) is 6.92 Å². The van der Waals surface area contributed by atoms with Crippen molar-refractivity contribution in [1.29, 1.82) is 0 Å². The molecule has 1 aliphatic heterocycles. The van der Waals surface area contributed by atoms with Crippen LogP contribution in [0.15, 0.2) is 34.1 Å². The second-order valence-corrected chi connectivity index (χ2v) is 7.32. The molecule has 0 aliphatic carbocycles. The van der Waals surface area contributed by atoms with Crippen molar-refractivity contribution in [3.05, 3.63) is 50.1 Å². The average Bonchev–Trinajstić information content (AvgIpc) is 3.17. The fraction of sp³-hybridized carbons (Fsp3) is 0.294. The molecule has 6 heteroatoms. The van der Waals surface area contributed by atoms with Crippen LogP contribution >= 0.6 is 27.3 Å². The molecule has 1 aromatic carbocycles. The molecule has 0 saturated carbocycles. The predicted molar refractivity (Wildman–Crippen MR) is 96.0 cm³/mol. The summed E-state index contributed by atoms with van der Waals surface area (Å²) in [5.41, 5.74) is 2.65. The third kappa shape index (κ3) is 3.48. The quantitative estimate of drug-likeness (QED) is 0.861. The molecule has 0 spiro atoms. The Morgan fingerprint density at radius 1 is 1.35 bits per heavy atom. The van der Waals surface area contributed by atoms with E-state index in [1.54, 1.807) is 22.3 Å². The summed E-state index contributed by atoms with van der Waals surface area (Å²) >= 11 is 5.01. The zero-order valence-electron chi connectivity index (χ0n) is 12.8. The number of benzene rings is 1. The van der Waals surface area contributed by atoms with Gasteiger partial charge in [-0.25, -0.2) is 0 Å². The summed E-state index contributed by atoms with van der Waals surface area (Å²) < 4.78 is 1.03. The highest BCUT2D eigenvalue weighted by Crippen LogP contribution is 2.29. The average molecular weight is 393 g/mol. The summed E-state index contributed by atoms with van der Waals surface area (Å²) in [5, 5.41) is 4.93. The first-order chi connectivity index (χ1) is 11.1. The summed E-state index contributed by atoms with van der Waals surface area (Å²) in [6.07, 6.45) is 1.30. The number of anilines is 1. The number of halogens is 1. The number of amides is 2. The second kappa shape index (κ2) is 6.84. The van der Waals surface area contributed by atoms with Gasteiger partial charge in [0, 0.05) is 38.9 Å². The van der Waals surface area contributed by atoms with Gasteiger partial charge in [-0.05, 0) is 52.2 Å². The molecule has 2 heterocycles. The third-order valence-corrected chi connectivity index (χ3v) is 5.58. The van der Waals surface area contributed by atoms with Crippen molar-refractivity contribution in [1.82, 2.24) is 5.32 Å². The second-order valence-electron chi connectivity index (χ2n) is 5.41. The minimum absolute atomic E-state index is 0.0856. The van der Waals surface area contributed by atoms with E-state index in [0.29, 0.717) is 25.1 Å². The largest absolute Gasteiger partial charge is 0.347 e. The number of thiophene rings is 1. The number of carbonyl (C=O) groups excluding carboxylic acids is 2. The molecule has 1 N–H and O–H groups in total. The maximum Gasteiger partial charge on any atom is 0.251 e. The Morgan fingerprint density at radius 2 is 2.17 bits per heavy atom. The van der Waals surface area contributed by atoms with Crippen LogP contribution in [0.5, 0.6) is 0 Å². The van der Waals surface area contributed by atoms with Crippen LogP contribution in [0.4, 0.5) is 5.69 Å². The fourth-order valence-electron chi connectivity index (χ4n) is 2.71. The highest BCUT2D eigenvalue weighted by atomic mass is 79.9. The van der Waals surface area contributed by atoms with Crippen LogP contribution in [0.25, 0.3) is 0 Å². The number of rotatable bonds is 4. The van der Waals surface area contributed by atoms with E-state index >= 15 is 0 Å². The van der Waals surface area contributed by atoms with E-state index in [0.717, 1.165) is 27.0 Å². The van der Waals surface area contributed by atoms with Crippen LogP contribution in [0.1, 0.15) is 34.1 Å². The lowest BCUT2D eigenvalue weighted by molar-refractivity contribution is -0.118. The zero-order chi connectivity index (χ0) is 16.4. The summed E-state index contributed by atoms with van der Waals surface area (Å²) in [6, 6.07) is 7.58. The van der Waals surface area contributed by atoms with Gasteiger partial charge < -0.3 is 10.2 Å². The Balaban J connectivity index is 1.69. The summed E-state index contributed by atoms with van der Waals surface area (Å²) in [5.74, 6) is 0.0433. The molecular weight excluding hydrogens is 376 g/mol. The summed E-state index contributed by atoms with van der Waals surface area (Å²) in [4.78, 5) is 27.1. The fourth-order valence-corrected chi connectivity index (χ4v) is 4.10. The summed E-state index contributed by atoms with van der Waals surface area (Å²) in [6.45, 7) is 3.09. The van der Waals surface area contributed by atoms with E-state index in [4.69, 9.17) is 0 Å². The topological polar surface area (TPSA) is 49.4 Å². The van der Waals surface area contributed by atoms with E-state index in [9.17, 15) is 9.59 Å². The van der Waals surface area contributed by atoms with E-state index in [1.807, 2.05) is 30.5 Å². The molecule has 1 aliphatic rings. The smallest absolute Gasteiger partial charge is 0.251 e. The van der Waals surface area contributed by atoms with Gasteiger partial charge in [0.05, 0.1) is 6.54 Å². The monoisotopic (exact) mass is 392 g/mol. The van der Waals surface area contributed by atoms with Crippen molar-refractivity contribution in [3.63, 3.8) is 0 Å². The molecule has 1 aromatic heterocycles. The predicted octanol–water partition coefficient (Wildman–Crippen LogP) is 3.74. The van der Waals surface area contributed by atoms with Crippen LogP contribution in [0.2, 0.25) is 0 Å². The lowest BCUT2D eigenvalue weighted by Crippen LogP contribution is -2.27. The minimum atomic E-state index is -0.0856. The molecule has 2 amide bonds. The van der Waals surface area contributed by atoms with Gasteiger partial charge in [-0.2, -0.15) is 0 Å². The third-order valence-electron chi connectivity index (χ3n) is 3.89. The number of nitrogens with one attached hydrogen (secondary N) is 1. The molecule has 2 aromatic rings. The van der Waals surface area contributed by atoms with E-state index < -0.39 is 0 Å². The first-order valence-corrected chi connectivity index (χ1v) is 9.20. The maximum atomic E-state index is 12.3. The van der Waals surface area contributed by atoms with Crippen molar-refractivity contribution in [3.8, 4) is 0 Å².